The molecule has 1 aliphatic heterocycles. The third-order valence-electron chi connectivity index (χ3n) is 4.00. The van der Waals surface area contributed by atoms with E-state index in [2.05, 4.69) is 28.8 Å². The van der Waals surface area contributed by atoms with Crippen LogP contribution < -0.4 is 10.6 Å². The summed E-state index contributed by atoms with van der Waals surface area (Å²) in [5.41, 5.74) is 2.65. The van der Waals surface area contributed by atoms with Gasteiger partial charge in [-0.05, 0) is 30.9 Å². The van der Waals surface area contributed by atoms with Gasteiger partial charge >= 0.3 is 0 Å². The smallest absolute Gasteiger partial charge is 0.224 e. The molecule has 2 unspecified atom stereocenters. The van der Waals surface area contributed by atoms with Crippen LogP contribution in [-0.4, -0.2) is 25.5 Å². The van der Waals surface area contributed by atoms with Gasteiger partial charge in [-0.2, -0.15) is 0 Å². The molecule has 0 bridgehead atoms. The molecule has 1 amide bonds. The molecule has 19 heavy (non-hydrogen) atoms. The molecule has 3 heteroatoms. The highest BCUT2D eigenvalue weighted by Crippen LogP contribution is 2.47. The summed E-state index contributed by atoms with van der Waals surface area (Å²) in [6, 6.07) is 10.3. The molecule has 1 aliphatic carbocycles. The molecule has 0 radical (unpaired) electrons. The molecule has 0 aromatic heterocycles. The van der Waals surface area contributed by atoms with Gasteiger partial charge in [0.05, 0.1) is 0 Å². The number of carbonyl (C=O) groups excluding carboxylic acids is 1. The van der Waals surface area contributed by atoms with Crippen LogP contribution in [0.2, 0.25) is 0 Å². The van der Waals surface area contributed by atoms with E-state index in [0.717, 1.165) is 32.5 Å². The number of nitrogens with one attached hydrogen (secondary N) is 2. The maximum Gasteiger partial charge on any atom is 0.224 e. The molecule has 2 aliphatic rings. The van der Waals surface area contributed by atoms with Crippen molar-refractivity contribution in [1.29, 1.82) is 0 Å². The lowest BCUT2D eigenvalue weighted by Gasteiger charge is -2.14. The van der Waals surface area contributed by atoms with Gasteiger partial charge in [0.25, 0.3) is 0 Å². The monoisotopic (exact) mass is 256 g/mol. The van der Waals surface area contributed by atoms with Crippen LogP contribution in [0.1, 0.15) is 24.3 Å². The van der Waals surface area contributed by atoms with Crippen molar-refractivity contribution in [2.75, 3.05) is 19.6 Å². The molecule has 2 N–H and O–H groups in total. The van der Waals surface area contributed by atoms with Crippen molar-refractivity contribution in [2.45, 2.75) is 18.8 Å². The largest absolute Gasteiger partial charge is 0.352 e. The number of carbonyl (C=O) groups is 1. The van der Waals surface area contributed by atoms with Gasteiger partial charge in [0, 0.05) is 19.0 Å². The highest BCUT2D eigenvalue weighted by atomic mass is 16.2. The normalized spacial score (nSPS) is 25.6. The van der Waals surface area contributed by atoms with Gasteiger partial charge < -0.3 is 10.6 Å². The molecule has 0 saturated heterocycles. The topological polar surface area (TPSA) is 41.1 Å². The summed E-state index contributed by atoms with van der Waals surface area (Å²) in [6.45, 7) is 2.68. The lowest BCUT2D eigenvalue weighted by Crippen LogP contribution is -2.30. The van der Waals surface area contributed by atoms with Crippen LogP contribution in [0.25, 0.3) is 0 Å². The summed E-state index contributed by atoms with van der Waals surface area (Å²) in [7, 11) is 0. The number of hydrogen-bond acceptors (Lipinski definition) is 2. The van der Waals surface area contributed by atoms with Crippen molar-refractivity contribution < 1.29 is 4.79 Å². The van der Waals surface area contributed by atoms with Gasteiger partial charge in [0.1, 0.15) is 0 Å². The van der Waals surface area contributed by atoms with Crippen molar-refractivity contribution in [3.8, 4) is 0 Å². The number of amides is 1. The molecule has 3 nitrogen and oxygen atoms in total. The van der Waals surface area contributed by atoms with E-state index in [4.69, 9.17) is 0 Å². The molecule has 0 spiro atoms. The summed E-state index contributed by atoms with van der Waals surface area (Å²) in [4.78, 5) is 12.1. The fraction of sp³-hybridized carbons (Fsp3) is 0.438. The van der Waals surface area contributed by atoms with Crippen LogP contribution in [0.15, 0.2) is 42.0 Å². The minimum atomic E-state index is 0.185. The van der Waals surface area contributed by atoms with Crippen LogP contribution in [-0.2, 0) is 4.79 Å². The Balaban J connectivity index is 1.49. The molecular formula is C16H20N2O. The number of benzene rings is 1. The van der Waals surface area contributed by atoms with Crippen LogP contribution >= 0.6 is 0 Å². The zero-order chi connectivity index (χ0) is 13.1. The lowest BCUT2D eigenvalue weighted by atomic mass is 10.1. The quantitative estimate of drug-likeness (QED) is 0.807. The van der Waals surface area contributed by atoms with Crippen molar-refractivity contribution in [3.63, 3.8) is 0 Å². The SMILES string of the molecule is O=C(NCC1=CCNCC1)C1CC1c1ccccc1. The maximum atomic E-state index is 12.1. The van der Waals surface area contributed by atoms with Gasteiger partial charge in [-0.3, -0.25) is 4.79 Å². The van der Waals surface area contributed by atoms with Gasteiger partial charge in [-0.1, -0.05) is 42.0 Å². The van der Waals surface area contributed by atoms with E-state index < -0.39 is 0 Å². The Hall–Kier alpha value is -1.61. The minimum absolute atomic E-state index is 0.185. The maximum absolute atomic E-state index is 12.1. The molecule has 1 fully saturated rings. The Labute approximate surface area is 114 Å². The first-order valence-electron chi connectivity index (χ1n) is 7.06. The van der Waals surface area contributed by atoms with Gasteiger partial charge in [-0.25, -0.2) is 0 Å². The standard InChI is InChI=1S/C16H20N2O/c19-16(18-11-12-6-8-17-9-7-12)15-10-14(15)13-4-2-1-3-5-13/h1-6,14-15,17H,7-11H2,(H,18,19). The zero-order valence-electron chi connectivity index (χ0n) is 11.1. The van der Waals surface area contributed by atoms with E-state index >= 15 is 0 Å². The van der Waals surface area contributed by atoms with Crippen LogP contribution in [0.5, 0.6) is 0 Å². The fourth-order valence-electron chi connectivity index (χ4n) is 2.72. The fourth-order valence-corrected chi connectivity index (χ4v) is 2.72. The van der Waals surface area contributed by atoms with Crippen LogP contribution in [0.4, 0.5) is 0 Å². The predicted molar refractivity (Wildman–Crippen MR) is 75.9 cm³/mol. The summed E-state index contributed by atoms with van der Waals surface area (Å²) < 4.78 is 0. The molecule has 1 heterocycles. The molecule has 1 aromatic carbocycles. The van der Waals surface area contributed by atoms with E-state index in [9.17, 15) is 4.79 Å². The summed E-state index contributed by atoms with van der Waals surface area (Å²) >= 11 is 0. The van der Waals surface area contributed by atoms with Gasteiger partial charge in [0.15, 0.2) is 0 Å². The van der Waals surface area contributed by atoms with Crippen LogP contribution in [0, 0.1) is 5.92 Å². The number of rotatable bonds is 4. The third kappa shape index (κ3) is 3.04. The van der Waals surface area contributed by atoms with E-state index in [0.29, 0.717) is 5.92 Å². The second-order valence-electron chi connectivity index (χ2n) is 5.39. The summed E-state index contributed by atoms with van der Waals surface area (Å²) in [5, 5.41) is 6.36. The second kappa shape index (κ2) is 5.57. The van der Waals surface area contributed by atoms with Crippen molar-refractivity contribution in [1.82, 2.24) is 10.6 Å². The Morgan fingerprint density at radius 1 is 1.32 bits per heavy atom. The number of hydrogen-bond donors (Lipinski definition) is 2. The third-order valence-corrected chi connectivity index (χ3v) is 4.00. The molecule has 2 atom stereocenters. The van der Waals surface area contributed by atoms with Crippen molar-refractivity contribution in [3.05, 3.63) is 47.5 Å². The molecule has 3 rings (SSSR count). The molecule has 1 saturated carbocycles. The summed E-state index contributed by atoms with van der Waals surface area (Å²) in [5.74, 6) is 0.834. The van der Waals surface area contributed by atoms with E-state index in [1.165, 1.54) is 11.1 Å². The Bertz CT molecular complexity index is 481. The van der Waals surface area contributed by atoms with E-state index in [1.807, 2.05) is 18.2 Å². The lowest BCUT2D eigenvalue weighted by molar-refractivity contribution is -0.122. The first-order valence-corrected chi connectivity index (χ1v) is 7.06. The van der Waals surface area contributed by atoms with Crippen LogP contribution in [0.3, 0.4) is 0 Å². The Kier molecular flexibility index (Phi) is 3.65. The first kappa shape index (κ1) is 12.4. The zero-order valence-corrected chi connectivity index (χ0v) is 11.1. The van der Waals surface area contributed by atoms with Crippen molar-refractivity contribution in [2.24, 2.45) is 5.92 Å². The minimum Gasteiger partial charge on any atom is -0.352 e. The van der Waals surface area contributed by atoms with Gasteiger partial charge in [-0.15, -0.1) is 0 Å². The highest BCUT2D eigenvalue weighted by Gasteiger charge is 2.43. The van der Waals surface area contributed by atoms with E-state index in [-0.39, 0.29) is 11.8 Å². The predicted octanol–water partition coefficient (Wildman–Crippen LogP) is 1.83. The first-order chi connectivity index (χ1) is 9.34. The Morgan fingerprint density at radius 3 is 2.89 bits per heavy atom. The van der Waals surface area contributed by atoms with Gasteiger partial charge in [0.2, 0.25) is 5.91 Å². The average molecular weight is 256 g/mol. The summed E-state index contributed by atoms with van der Waals surface area (Å²) in [6.07, 6.45) is 4.23. The molecule has 100 valence electrons. The van der Waals surface area contributed by atoms with E-state index in [1.54, 1.807) is 0 Å². The van der Waals surface area contributed by atoms with Crippen molar-refractivity contribution >= 4 is 5.91 Å². The molecule has 1 aromatic rings. The Morgan fingerprint density at radius 2 is 2.16 bits per heavy atom. The second-order valence-corrected chi connectivity index (χ2v) is 5.39. The highest BCUT2D eigenvalue weighted by molar-refractivity contribution is 5.83. The average Bonchev–Trinajstić information content (AvgIpc) is 3.27. The molecular weight excluding hydrogens is 236 g/mol.